The number of rotatable bonds is 13. The highest BCUT2D eigenvalue weighted by molar-refractivity contribution is 5.43. The summed E-state index contributed by atoms with van der Waals surface area (Å²) in [6, 6.07) is 6.86. The lowest BCUT2D eigenvalue weighted by atomic mass is 9.53. The van der Waals surface area contributed by atoms with Gasteiger partial charge in [0, 0.05) is 27.9 Å². The Morgan fingerprint density at radius 3 is 2.50 bits per heavy atom. The molecule has 0 radical (unpaired) electrons. The molecular formula is C29H46O5. The minimum atomic E-state index is 0.281. The highest BCUT2D eigenvalue weighted by atomic mass is 16.7. The summed E-state index contributed by atoms with van der Waals surface area (Å²) in [5, 5.41) is 0. The lowest BCUT2D eigenvalue weighted by Gasteiger charge is -2.52. The van der Waals surface area contributed by atoms with Crippen LogP contribution in [0.1, 0.15) is 94.1 Å². The number of fused-ring (bicyclic) bond motifs is 5. The van der Waals surface area contributed by atoms with Gasteiger partial charge in [-0.3, -0.25) is 0 Å². The van der Waals surface area contributed by atoms with Crippen molar-refractivity contribution in [3.8, 4) is 5.75 Å². The van der Waals surface area contributed by atoms with Crippen LogP contribution in [0.15, 0.2) is 18.2 Å². The molecule has 6 atom stereocenters. The summed E-state index contributed by atoms with van der Waals surface area (Å²) < 4.78 is 27.7. The van der Waals surface area contributed by atoms with Crippen LogP contribution in [-0.2, 0) is 18.9 Å². The molecule has 3 aliphatic carbocycles. The third-order valence-electron chi connectivity index (χ3n) is 9.19. The molecule has 3 aliphatic rings. The highest BCUT2D eigenvalue weighted by Crippen LogP contribution is 2.63. The van der Waals surface area contributed by atoms with Gasteiger partial charge < -0.3 is 23.7 Å². The van der Waals surface area contributed by atoms with Crippen molar-refractivity contribution in [2.75, 3.05) is 41.5 Å². The second-order valence-electron chi connectivity index (χ2n) is 11.0. The van der Waals surface area contributed by atoms with Crippen molar-refractivity contribution >= 4 is 0 Å². The molecule has 4 rings (SSSR count). The van der Waals surface area contributed by atoms with Gasteiger partial charge in [-0.1, -0.05) is 32.3 Å². The molecule has 0 unspecified atom stereocenters. The third kappa shape index (κ3) is 5.48. The van der Waals surface area contributed by atoms with Gasteiger partial charge in [0.1, 0.15) is 12.5 Å². The molecule has 2 fully saturated rings. The lowest BCUT2D eigenvalue weighted by Crippen LogP contribution is -2.45. The Bertz CT molecular complexity index is 767. The quantitative estimate of drug-likeness (QED) is 0.236. The van der Waals surface area contributed by atoms with Crippen molar-refractivity contribution < 1.29 is 23.7 Å². The average Bonchev–Trinajstić information content (AvgIpc) is 3.19. The van der Waals surface area contributed by atoms with Crippen LogP contribution in [0.25, 0.3) is 0 Å². The Balaban J connectivity index is 1.52. The Morgan fingerprint density at radius 1 is 0.882 bits per heavy atom. The van der Waals surface area contributed by atoms with Crippen LogP contribution in [0.2, 0.25) is 0 Å². The summed E-state index contributed by atoms with van der Waals surface area (Å²) in [6.45, 7) is 4.10. The van der Waals surface area contributed by atoms with Gasteiger partial charge in [-0.05, 0) is 97.3 Å². The van der Waals surface area contributed by atoms with Crippen LogP contribution in [0.3, 0.4) is 0 Å². The van der Waals surface area contributed by atoms with Crippen LogP contribution in [0, 0.1) is 17.3 Å². The Morgan fingerprint density at radius 2 is 1.71 bits per heavy atom. The minimum Gasteiger partial charge on any atom is -0.468 e. The first-order valence-electron chi connectivity index (χ1n) is 13.5. The number of unbranched alkanes of at least 4 members (excludes halogenated alkanes) is 3. The zero-order chi connectivity index (χ0) is 24.0. The Hall–Kier alpha value is -1.14. The van der Waals surface area contributed by atoms with Crippen LogP contribution < -0.4 is 4.74 Å². The maximum atomic E-state index is 6.20. The molecule has 0 spiro atoms. The molecule has 5 heteroatoms. The predicted octanol–water partition coefficient (Wildman–Crippen LogP) is 6.65. The monoisotopic (exact) mass is 474 g/mol. The van der Waals surface area contributed by atoms with E-state index in [4.69, 9.17) is 23.7 Å². The Labute approximate surface area is 206 Å². The van der Waals surface area contributed by atoms with Crippen LogP contribution in [0.5, 0.6) is 5.75 Å². The van der Waals surface area contributed by atoms with Crippen molar-refractivity contribution in [3.63, 3.8) is 0 Å². The number of hydrogen-bond donors (Lipinski definition) is 0. The molecule has 34 heavy (non-hydrogen) atoms. The summed E-state index contributed by atoms with van der Waals surface area (Å²) in [6.07, 6.45) is 12.9. The molecule has 0 amide bonds. The van der Waals surface area contributed by atoms with Crippen LogP contribution >= 0.6 is 0 Å². The lowest BCUT2D eigenvalue weighted by molar-refractivity contribution is -0.125. The van der Waals surface area contributed by atoms with E-state index in [9.17, 15) is 0 Å². The van der Waals surface area contributed by atoms with E-state index in [0.717, 1.165) is 24.2 Å². The van der Waals surface area contributed by atoms with E-state index in [-0.39, 0.29) is 5.41 Å². The topological polar surface area (TPSA) is 46.2 Å². The Kier molecular flexibility index (Phi) is 9.31. The van der Waals surface area contributed by atoms with Crippen molar-refractivity contribution in [2.24, 2.45) is 17.3 Å². The van der Waals surface area contributed by atoms with E-state index >= 15 is 0 Å². The number of benzene rings is 1. The highest BCUT2D eigenvalue weighted by Gasteiger charge is 2.56. The van der Waals surface area contributed by atoms with Gasteiger partial charge in [-0.25, -0.2) is 0 Å². The molecule has 192 valence electrons. The van der Waals surface area contributed by atoms with E-state index in [1.165, 1.54) is 64.2 Å². The van der Waals surface area contributed by atoms with E-state index in [1.807, 2.05) is 0 Å². The van der Waals surface area contributed by atoms with Gasteiger partial charge in [0.15, 0.2) is 6.79 Å². The third-order valence-corrected chi connectivity index (χ3v) is 9.19. The number of ether oxygens (including phenoxy) is 5. The molecule has 0 bridgehead atoms. The largest absolute Gasteiger partial charge is 0.468 e. The van der Waals surface area contributed by atoms with Crippen molar-refractivity contribution in [1.29, 1.82) is 0 Å². The SMILES string of the molecule is COCCCCCC[C@@H]1C[C@@H]2[C@H](CC[C@]3(C)[C@@H](OCOC)CC[C@@H]23)c2ccc(OCOC)cc21. The molecule has 0 heterocycles. The number of hydrogen-bond acceptors (Lipinski definition) is 5. The first-order valence-corrected chi connectivity index (χ1v) is 13.5. The van der Waals surface area contributed by atoms with Gasteiger partial charge in [0.05, 0.1) is 6.10 Å². The zero-order valence-corrected chi connectivity index (χ0v) is 21.9. The second kappa shape index (κ2) is 12.2. The van der Waals surface area contributed by atoms with E-state index in [1.54, 1.807) is 32.5 Å². The van der Waals surface area contributed by atoms with Gasteiger partial charge in [0.25, 0.3) is 0 Å². The predicted molar refractivity (Wildman–Crippen MR) is 134 cm³/mol. The van der Waals surface area contributed by atoms with E-state index in [0.29, 0.717) is 31.5 Å². The molecule has 0 aliphatic heterocycles. The standard InChI is InChI=1S/C29H46O5/c1-29-15-14-24-23-11-10-22(33-19-31-3)18-25(23)21(9-7-5-6-8-16-30-2)17-26(24)27(29)12-13-28(29)34-20-32-4/h10-11,18,21,24,26-28H,5-9,12-17,19-20H2,1-4H3/t21-,24-,26-,27+,28+,29+/m1/s1. The first kappa shape index (κ1) is 25.9. The fourth-order valence-electron chi connectivity index (χ4n) is 7.56. The minimum absolute atomic E-state index is 0.281. The molecule has 1 aromatic rings. The summed E-state index contributed by atoms with van der Waals surface area (Å²) in [5.41, 5.74) is 3.41. The summed E-state index contributed by atoms with van der Waals surface area (Å²) in [4.78, 5) is 0. The molecule has 0 saturated heterocycles. The zero-order valence-electron chi connectivity index (χ0n) is 21.9. The van der Waals surface area contributed by atoms with Gasteiger partial charge in [0.2, 0.25) is 0 Å². The molecule has 2 saturated carbocycles. The fourth-order valence-corrected chi connectivity index (χ4v) is 7.56. The van der Waals surface area contributed by atoms with Crippen molar-refractivity contribution in [3.05, 3.63) is 29.3 Å². The van der Waals surface area contributed by atoms with Crippen molar-refractivity contribution in [2.45, 2.75) is 89.1 Å². The van der Waals surface area contributed by atoms with Gasteiger partial charge in [-0.2, -0.15) is 0 Å². The average molecular weight is 475 g/mol. The normalized spacial score (nSPS) is 32.2. The maximum Gasteiger partial charge on any atom is 0.188 e. The molecular weight excluding hydrogens is 428 g/mol. The van der Waals surface area contributed by atoms with Gasteiger partial charge >= 0.3 is 0 Å². The smallest absolute Gasteiger partial charge is 0.188 e. The van der Waals surface area contributed by atoms with Crippen LogP contribution in [-0.4, -0.2) is 47.6 Å². The molecule has 0 N–H and O–H groups in total. The van der Waals surface area contributed by atoms with Crippen molar-refractivity contribution in [1.82, 2.24) is 0 Å². The van der Waals surface area contributed by atoms with Gasteiger partial charge in [-0.15, -0.1) is 0 Å². The molecule has 0 aromatic heterocycles. The van der Waals surface area contributed by atoms with Crippen LogP contribution in [0.4, 0.5) is 0 Å². The fraction of sp³-hybridized carbons (Fsp3) is 0.793. The summed E-state index contributed by atoms with van der Waals surface area (Å²) >= 11 is 0. The maximum absolute atomic E-state index is 6.20. The summed E-state index contributed by atoms with van der Waals surface area (Å²) in [7, 11) is 5.21. The second-order valence-corrected chi connectivity index (χ2v) is 11.0. The first-order chi connectivity index (χ1) is 16.6. The molecule has 5 nitrogen and oxygen atoms in total. The van der Waals surface area contributed by atoms with E-state index in [2.05, 4.69) is 25.1 Å². The molecule has 1 aromatic carbocycles. The number of methoxy groups -OCH3 is 3. The summed E-state index contributed by atoms with van der Waals surface area (Å²) in [5.74, 6) is 3.73. The van der Waals surface area contributed by atoms with E-state index < -0.39 is 0 Å².